The number of hydrogen-bond acceptors (Lipinski definition) is 6. The van der Waals surface area contributed by atoms with Crippen molar-refractivity contribution in [1.29, 1.82) is 0 Å². The van der Waals surface area contributed by atoms with Crippen LogP contribution in [0.2, 0.25) is 5.02 Å². The summed E-state index contributed by atoms with van der Waals surface area (Å²) in [6.07, 6.45) is -3.86. The van der Waals surface area contributed by atoms with Gasteiger partial charge in [-0.2, -0.15) is 13.2 Å². The molecular formula is C19H15ClF3NO6. The highest BCUT2D eigenvalue weighted by atomic mass is 35.5. The molecule has 0 aliphatic rings. The van der Waals surface area contributed by atoms with E-state index in [1.54, 1.807) is 6.92 Å². The molecule has 0 saturated heterocycles. The Balaban J connectivity index is 2.28. The molecule has 0 aliphatic heterocycles. The SMILES string of the molecule is CCCC(=O)COC(=O)c1cc(Oc2ccc(C(F)(F)F)cc2Cl)ccc1[N+](=O)[O-]. The van der Waals surface area contributed by atoms with Crippen molar-refractivity contribution < 1.29 is 37.2 Å². The van der Waals surface area contributed by atoms with Gasteiger partial charge < -0.3 is 9.47 Å². The highest BCUT2D eigenvalue weighted by Gasteiger charge is 2.31. The Labute approximate surface area is 173 Å². The van der Waals surface area contributed by atoms with Gasteiger partial charge in [0.1, 0.15) is 23.7 Å². The molecule has 0 heterocycles. The fourth-order valence-electron chi connectivity index (χ4n) is 2.36. The van der Waals surface area contributed by atoms with Crippen molar-refractivity contribution in [3.63, 3.8) is 0 Å². The zero-order valence-electron chi connectivity index (χ0n) is 15.5. The summed E-state index contributed by atoms with van der Waals surface area (Å²) in [4.78, 5) is 34.1. The van der Waals surface area contributed by atoms with Crippen LogP contribution in [-0.4, -0.2) is 23.3 Å². The van der Waals surface area contributed by atoms with Crippen molar-refractivity contribution in [3.05, 3.63) is 62.7 Å². The van der Waals surface area contributed by atoms with Crippen LogP contribution in [0.4, 0.5) is 18.9 Å². The van der Waals surface area contributed by atoms with Crippen molar-refractivity contribution in [2.75, 3.05) is 6.61 Å². The van der Waals surface area contributed by atoms with Crippen LogP contribution in [0, 0.1) is 10.1 Å². The molecule has 2 rings (SSSR count). The number of ether oxygens (including phenoxy) is 2. The summed E-state index contributed by atoms with van der Waals surface area (Å²) in [6, 6.07) is 5.49. The molecule has 0 saturated carbocycles. The zero-order chi connectivity index (χ0) is 22.5. The molecule has 0 N–H and O–H groups in total. The lowest BCUT2D eigenvalue weighted by atomic mass is 10.1. The summed E-state index contributed by atoms with van der Waals surface area (Å²) in [7, 11) is 0. The molecule has 11 heteroatoms. The largest absolute Gasteiger partial charge is 0.456 e. The van der Waals surface area contributed by atoms with Crippen LogP contribution in [0.15, 0.2) is 36.4 Å². The van der Waals surface area contributed by atoms with Gasteiger partial charge in [-0.3, -0.25) is 14.9 Å². The normalized spacial score (nSPS) is 11.1. The second kappa shape index (κ2) is 9.57. The van der Waals surface area contributed by atoms with Gasteiger partial charge in [0, 0.05) is 18.6 Å². The third-order valence-electron chi connectivity index (χ3n) is 3.76. The molecule has 2 aromatic carbocycles. The third kappa shape index (κ3) is 5.93. The number of alkyl halides is 3. The van der Waals surface area contributed by atoms with Gasteiger partial charge in [-0.25, -0.2) is 4.79 Å². The van der Waals surface area contributed by atoms with Crippen LogP contribution in [-0.2, 0) is 15.7 Å². The van der Waals surface area contributed by atoms with Crippen molar-refractivity contribution in [3.8, 4) is 11.5 Å². The molecule has 0 unspecified atom stereocenters. The number of carbonyl (C=O) groups is 2. The van der Waals surface area contributed by atoms with E-state index in [9.17, 15) is 32.9 Å². The minimum Gasteiger partial charge on any atom is -0.456 e. The zero-order valence-corrected chi connectivity index (χ0v) is 16.2. The van der Waals surface area contributed by atoms with Gasteiger partial charge in [0.15, 0.2) is 5.78 Å². The quantitative estimate of drug-likeness (QED) is 0.299. The highest BCUT2D eigenvalue weighted by molar-refractivity contribution is 6.32. The molecule has 2 aromatic rings. The minimum absolute atomic E-state index is 0.103. The van der Waals surface area contributed by atoms with Gasteiger partial charge >= 0.3 is 12.1 Å². The highest BCUT2D eigenvalue weighted by Crippen LogP contribution is 2.37. The molecule has 7 nitrogen and oxygen atoms in total. The number of ketones is 1. The standard InChI is InChI=1S/C19H15ClF3NO6/c1-2-3-12(25)10-29-18(26)14-9-13(5-6-16(14)24(27)28)30-17-7-4-11(8-15(17)20)19(21,22)23/h4-9H,2-3,10H2,1H3. The molecule has 160 valence electrons. The van der Waals surface area contributed by atoms with E-state index in [0.717, 1.165) is 30.3 Å². The van der Waals surface area contributed by atoms with E-state index in [1.165, 1.54) is 0 Å². The van der Waals surface area contributed by atoms with Crippen LogP contribution in [0.5, 0.6) is 11.5 Å². The van der Waals surface area contributed by atoms with Crippen LogP contribution >= 0.6 is 11.6 Å². The summed E-state index contributed by atoms with van der Waals surface area (Å²) in [6.45, 7) is 1.22. The number of hydrogen-bond donors (Lipinski definition) is 0. The number of esters is 1. The number of nitrogens with zero attached hydrogens (tertiary/aromatic N) is 1. The number of nitro benzene ring substituents is 1. The Morgan fingerprint density at radius 3 is 2.43 bits per heavy atom. The molecule has 0 amide bonds. The average molecular weight is 446 g/mol. The predicted molar refractivity (Wildman–Crippen MR) is 99.8 cm³/mol. The lowest BCUT2D eigenvalue weighted by molar-refractivity contribution is -0.385. The first-order valence-electron chi connectivity index (χ1n) is 8.54. The van der Waals surface area contributed by atoms with Crippen molar-refractivity contribution in [2.45, 2.75) is 25.9 Å². The number of nitro groups is 1. The lowest BCUT2D eigenvalue weighted by Crippen LogP contribution is -2.15. The Morgan fingerprint density at radius 1 is 1.17 bits per heavy atom. The van der Waals surface area contributed by atoms with E-state index in [1.807, 2.05) is 0 Å². The molecule has 0 bridgehead atoms. The van der Waals surface area contributed by atoms with Crippen LogP contribution in [0.3, 0.4) is 0 Å². The number of rotatable bonds is 8. The van der Waals surface area contributed by atoms with Crippen molar-refractivity contribution in [1.82, 2.24) is 0 Å². The maximum Gasteiger partial charge on any atom is 0.416 e. The van der Waals surface area contributed by atoms with Gasteiger partial charge in [0.05, 0.1) is 15.5 Å². The Hall–Kier alpha value is -3.14. The third-order valence-corrected chi connectivity index (χ3v) is 4.06. The first-order chi connectivity index (χ1) is 14.0. The van der Waals surface area contributed by atoms with Gasteiger partial charge in [0.2, 0.25) is 0 Å². The topological polar surface area (TPSA) is 95.7 Å². The lowest BCUT2D eigenvalue weighted by Gasteiger charge is -2.12. The Kier molecular flexibility index (Phi) is 7.38. The van der Waals surface area contributed by atoms with Crippen LogP contribution in [0.1, 0.15) is 35.7 Å². The fourth-order valence-corrected chi connectivity index (χ4v) is 2.58. The van der Waals surface area contributed by atoms with Crippen molar-refractivity contribution in [2.24, 2.45) is 0 Å². The molecule has 0 radical (unpaired) electrons. The van der Waals surface area contributed by atoms with Crippen LogP contribution < -0.4 is 4.74 Å². The van der Waals surface area contributed by atoms with Gasteiger partial charge in [-0.15, -0.1) is 0 Å². The summed E-state index contributed by atoms with van der Waals surface area (Å²) in [5.41, 5.74) is -2.05. The van der Waals surface area contributed by atoms with Crippen LogP contribution in [0.25, 0.3) is 0 Å². The summed E-state index contributed by atoms with van der Waals surface area (Å²) in [5, 5.41) is 10.8. The predicted octanol–water partition coefficient (Wildman–Crippen LogP) is 5.59. The summed E-state index contributed by atoms with van der Waals surface area (Å²) < 4.78 is 48.4. The molecule has 0 fully saturated rings. The van der Waals surface area contributed by atoms with E-state index in [4.69, 9.17) is 21.1 Å². The molecule has 0 spiro atoms. The first-order valence-corrected chi connectivity index (χ1v) is 8.92. The molecule has 0 aliphatic carbocycles. The van der Waals surface area contributed by atoms with Gasteiger partial charge in [0.25, 0.3) is 5.69 Å². The molecule has 0 aromatic heterocycles. The maximum absolute atomic E-state index is 12.7. The molecule has 0 atom stereocenters. The Morgan fingerprint density at radius 2 is 1.87 bits per heavy atom. The summed E-state index contributed by atoms with van der Waals surface area (Å²) in [5.74, 6) is -1.72. The van der Waals surface area contributed by atoms with E-state index in [-0.39, 0.29) is 28.7 Å². The molecular weight excluding hydrogens is 431 g/mol. The fraction of sp³-hybridized carbons (Fsp3) is 0.263. The maximum atomic E-state index is 12.7. The summed E-state index contributed by atoms with van der Waals surface area (Å²) >= 11 is 5.82. The van der Waals surface area contributed by atoms with E-state index < -0.39 is 40.5 Å². The van der Waals surface area contributed by atoms with E-state index in [0.29, 0.717) is 12.5 Å². The number of benzene rings is 2. The van der Waals surface area contributed by atoms with Gasteiger partial charge in [-0.05, 0) is 30.7 Å². The second-order valence-electron chi connectivity index (χ2n) is 6.05. The van der Waals surface area contributed by atoms with E-state index in [2.05, 4.69) is 0 Å². The number of Topliss-reactive ketones (excluding diaryl/α,β-unsaturated/α-hetero) is 1. The minimum atomic E-state index is -4.60. The Bertz CT molecular complexity index is 977. The van der Waals surface area contributed by atoms with Crippen molar-refractivity contribution >= 4 is 29.0 Å². The smallest absolute Gasteiger partial charge is 0.416 e. The monoisotopic (exact) mass is 445 g/mol. The van der Waals surface area contributed by atoms with E-state index >= 15 is 0 Å². The molecule has 30 heavy (non-hydrogen) atoms. The van der Waals surface area contributed by atoms with Gasteiger partial charge in [-0.1, -0.05) is 18.5 Å². The number of carbonyl (C=O) groups excluding carboxylic acids is 2. The average Bonchev–Trinajstić information content (AvgIpc) is 2.66. The number of halogens is 4. The first kappa shape index (κ1) is 23.1. The second-order valence-corrected chi connectivity index (χ2v) is 6.45.